The van der Waals surface area contributed by atoms with E-state index in [2.05, 4.69) is 43.5 Å². The first-order valence-corrected chi connectivity index (χ1v) is 19.8. The molecule has 2 aromatic rings. The molecule has 58 heavy (non-hydrogen) atoms. The molecule has 2 aromatic carbocycles. The van der Waals surface area contributed by atoms with Crippen molar-refractivity contribution < 1.29 is 61.2 Å². The van der Waals surface area contributed by atoms with Gasteiger partial charge in [-0.05, 0) is 85.9 Å². The second-order valence-corrected chi connectivity index (χ2v) is 15.6. The van der Waals surface area contributed by atoms with E-state index in [1.54, 1.807) is 12.2 Å². The number of hydrogen-bond donors (Lipinski definition) is 3. The number of allylic oxidation sites excluding steroid dienone is 2. The van der Waals surface area contributed by atoms with Gasteiger partial charge in [0.1, 0.15) is 43.3 Å². The predicted octanol–water partition coefficient (Wildman–Crippen LogP) is 5.48. The van der Waals surface area contributed by atoms with Crippen LogP contribution in [0, 0.1) is 17.3 Å². The molecule has 312 valence electrons. The normalized spacial score (nSPS) is 15.0. The Morgan fingerprint density at radius 3 is 1.67 bits per heavy atom. The number of carbonyl (C=O) groups excluding carboxylic acids is 5. The van der Waals surface area contributed by atoms with E-state index in [9.17, 15) is 37.5 Å². The number of rotatable bonds is 22. The molecule has 3 N–H and O–H groups in total. The van der Waals surface area contributed by atoms with Crippen LogP contribution in [0.3, 0.4) is 0 Å². The van der Waals surface area contributed by atoms with E-state index in [1.807, 2.05) is 0 Å². The molecule has 0 aromatic heterocycles. The Kier molecular flexibility index (Phi) is 18.0. The van der Waals surface area contributed by atoms with Crippen molar-refractivity contribution in [2.45, 2.75) is 48.3 Å². The Morgan fingerprint density at radius 1 is 0.690 bits per heavy atom. The van der Waals surface area contributed by atoms with Crippen molar-refractivity contribution in [1.29, 1.82) is 0 Å². The topological polar surface area (TPSA) is 210 Å². The minimum absolute atomic E-state index is 0.00530. The highest BCUT2D eigenvalue weighted by molar-refractivity contribution is 7.91. The van der Waals surface area contributed by atoms with Crippen LogP contribution in [0.2, 0.25) is 0 Å². The zero-order valence-electron chi connectivity index (χ0n) is 32.3. The maximum Gasteiger partial charge on any atom is 0.412 e. The van der Waals surface area contributed by atoms with Crippen molar-refractivity contribution in [3.63, 3.8) is 0 Å². The summed E-state index contributed by atoms with van der Waals surface area (Å²) in [6, 6.07) is 8.23. The number of amides is 2. The van der Waals surface area contributed by atoms with Crippen LogP contribution in [-0.2, 0) is 56.0 Å². The van der Waals surface area contributed by atoms with Crippen LogP contribution in [0.15, 0.2) is 109 Å². The van der Waals surface area contributed by atoms with Crippen molar-refractivity contribution in [2.24, 2.45) is 17.3 Å². The largest absolute Gasteiger partial charge is 0.508 e. The van der Waals surface area contributed by atoms with Crippen molar-refractivity contribution in [3.8, 4) is 11.5 Å². The first kappa shape index (κ1) is 46.2. The molecule has 16 heteroatoms. The first-order chi connectivity index (χ1) is 27.7. The van der Waals surface area contributed by atoms with Gasteiger partial charge < -0.3 is 39.4 Å². The molecule has 1 fully saturated rings. The van der Waals surface area contributed by atoms with Crippen molar-refractivity contribution in [2.75, 3.05) is 39.5 Å². The summed E-state index contributed by atoms with van der Waals surface area (Å²) in [5, 5.41) is 15.6. The van der Waals surface area contributed by atoms with Gasteiger partial charge in [-0.3, -0.25) is 0 Å². The van der Waals surface area contributed by atoms with Gasteiger partial charge in [-0.2, -0.15) is 0 Å². The molecule has 2 unspecified atom stereocenters. The molecule has 2 amide bonds. The average molecular weight is 823 g/mol. The zero-order valence-corrected chi connectivity index (χ0v) is 33.1. The van der Waals surface area contributed by atoms with Crippen molar-refractivity contribution in [3.05, 3.63) is 111 Å². The fourth-order valence-electron chi connectivity index (χ4n) is 6.06. The SMILES string of the molecule is C=CCc1cc(S(=O)(=O)c2ccc(OC(=O)NCC3CCCC(CNC(=O)OCC(COC(=O)C=C)(COC(=O)C=C)COC(=O)C=C)C3)c(CC=C)c2)ccc1O. The number of hydrogen-bond acceptors (Lipinski definition) is 13. The standard InChI is InChI=1S/C42H50N2O13S/c1-6-12-31-21-33(16-18-35(31)45)58(51,52)34-17-19-36(32(22-34)13-7-2)57-41(50)44-24-30-15-11-14-29(20-30)23-43-40(49)56-28-42(25-53-37(46)8-3,26-54-38(47)9-4)27-55-39(48)10-5/h6-10,16-19,21-22,29-30,45H,1-5,11-15,20,23-28H2,(H,43,49)(H,44,50). The zero-order chi connectivity index (χ0) is 42.7. The van der Waals surface area contributed by atoms with Gasteiger partial charge in [0.05, 0.1) is 9.79 Å². The number of alkyl carbamates (subject to hydrolysis) is 1. The van der Waals surface area contributed by atoms with Crippen LogP contribution in [0.4, 0.5) is 9.59 Å². The van der Waals surface area contributed by atoms with Crippen LogP contribution >= 0.6 is 0 Å². The molecule has 1 aliphatic rings. The molecule has 15 nitrogen and oxygen atoms in total. The highest BCUT2D eigenvalue weighted by Gasteiger charge is 2.38. The van der Waals surface area contributed by atoms with E-state index in [-0.39, 0.29) is 59.1 Å². The van der Waals surface area contributed by atoms with Gasteiger partial charge in [0.15, 0.2) is 0 Å². The van der Waals surface area contributed by atoms with E-state index in [4.69, 9.17) is 23.7 Å². The van der Waals surface area contributed by atoms with Gasteiger partial charge in [-0.25, -0.2) is 32.4 Å². The number of ether oxygens (including phenoxy) is 5. The van der Waals surface area contributed by atoms with Gasteiger partial charge in [-0.15, -0.1) is 13.2 Å². The summed E-state index contributed by atoms with van der Waals surface area (Å²) in [5.41, 5.74) is -0.628. The van der Waals surface area contributed by atoms with Gasteiger partial charge in [0.2, 0.25) is 9.84 Å². The quantitative estimate of drug-likeness (QED) is 0.0583. The molecule has 0 radical (unpaired) electrons. The lowest BCUT2D eigenvalue weighted by atomic mass is 9.81. The molecule has 0 bridgehead atoms. The summed E-state index contributed by atoms with van der Waals surface area (Å²) in [7, 11) is -3.98. The van der Waals surface area contributed by atoms with Gasteiger partial charge in [0.25, 0.3) is 0 Å². The Bertz CT molecular complexity index is 1910. The smallest absolute Gasteiger partial charge is 0.412 e. The second kappa shape index (κ2) is 22.5. The predicted molar refractivity (Wildman–Crippen MR) is 213 cm³/mol. The Morgan fingerprint density at radius 2 is 1.16 bits per heavy atom. The summed E-state index contributed by atoms with van der Waals surface area (Å²) in [6.07, 6.45) is 7.94. The van der Waals surface area contributed by atoms with Crippen LogP contribution in [0.5, 0.6) is 11.5 Å². The molecular formula is C42H50N2O13S. The number of aromatic hydroxyl groups is 1. The maximum absolute atomic E-state index is 13.5. The Hall–Kier alpha value is -6.16. The third-order valence-electron chi connectivity index (χ3n) is 9.17. The molecule has 3 rings (SSSR count). The van der Waals surface area contributed by atoms with Crippen LogP contribution < -0.4 is 15.4 Å². The molecule has 2 atom stereocenters. The van der Waals surface area contributed by atoms with E-state index in [0.717, 1.165) is 37.5 Å². The van der Waals surface area contributed by atoms with Crippen molar-refractivity contribution >= 4 is 39.9 Å². The number of phenolic OH excluding ortho intramolecular Hbond substituents is 1. The van der Waals surface area contributed by atoms with Crippen LogP contribution in [0.1, 0.15) is 36.8 Å². The summed E-state index contributed by atoms with van der Waals surface area (Å²) in [5.74, 6) is -2.19. The lowest BCUT2D eigenvalue weighted by Crippen LogP contribution is -2.45. The molecule has 0 aliphatic heterocycles. The third kappa shape index (κ3) is 14.1. The third-order valence-corrected chi connectivity index (χ3v) is 10.9. The fourth-order valence-corrected chi connectivity index (χ4v) is 7.42. The minimum atomic E-state index is -3.98. The molecule has 1 aliphatic carbocycles. The van der Waals surface area contributed by atoms with E-state index in [1.165, 1.54) is 36.4 Å². The van der Waals surface area contributed by atoms with E-state index in [0.29, 0.717) is 17.5 Å². The van der Waals surface area contributed by atoms with E-state index >= 15 is 0 Å². The molecule has 1 saturated carbocycles. The Labute approximate surface area is 338 Å². The number of benzene rings is 2. The average Bonchev–Trinajstić information content (AvgIpc) is 3.22. The number of phenols is 1. The second-order valence-electron chi connectivity index (χ2n) is 13.6. The van der Waals surface area contributed by atoms with Crippen molar-refractivity contribution in [1.82, 2.24) is 10.6 Å². The van der Waals surface area contributed by atoms with Gasteiger partial charge in [-0.1, -0.05) is 38.3 Å². The highest BCUT2D eigenvalue weighted by Crippen LogP contribution is 2.31. The summed E-state index contributed by atoms with van der Waals surface area (Å²) in [6.45, 7) is 16.1. The summed E-state index contributed by atoms with van der Waals surface area (Å²) in [4.78, 5) is 61.2. The molecule has 0 spiro atoms. The monoisotopic (exact) mass is 822 g/mol. The van der Waals surface area contributed by atoms with Gasteiger partial charge >= 0.3 is 30.1 Å². The van der Waals surface area contributed by atoms with Crippen LogP contribution in [0.25, 0.3) is 0 Å². The molecule has 0 saturated heterocycles. The maximum atomic E-state index is 13.5. The highest BCUT2D eigenvalue weighted by atomic mass is 32.2. The molecular weight excluding hydrogens is 773 g/mol. The lowest BCUT2D eigenvalue weighted by Gasteiger charge is -2.31. The summed E-state index contributed by atoms with van der Waals surface area (Å²) < 4.78 is 53.4. The first-order valence-electron chi connectivity index (χ1n) is 18.3. The fraction of sp³-hybridized carbons (Fsp3) is 0.357. The lowest BCUT2D eigenvalue weighted by molar-refractivity contribution is -0.159. The molecule has 0 heterocycles. The number of carbonyl (C=O) groups is 5. The van der Waals surface area contributed by atoms with Crippen LogP contribution in [-0.4, -0.2) is 83.1 Å². The number of esters is 3. The van der Waals surface area contributed by atoms with Gasteiger partial charge in [0, 0.05) is 36.9 Å². The minimum Gasteiger partial charge on any atom is -0.508 e. The summed E-state index contributed by atoms with van der Waals surface area (Å²) >= 11 is 0. The van der Waals surface area contributed by atoms with E-state index < -0.39 is 71.8 Å². The number of sulfone groups is 1. The Balaban J connectivity index is 1.58. The number of nitrogens with one attached hydrogen (secondary N) is 2.